The molecule has 96 valence electrons. The van der Waals surface area contributed by atoms with Crippen LogP contribution in [0.1, 0.15) is 25.5 Å². The van der Waals surface area contributed by atoms with Crippen LogP contribution in [0.2, 0.25) is 0 Å². The van der Waals surface area contributed by atoms with E-state index in [1.54, 1.807) is 7.11 Å². The van der Waals surface area contributed by atoms with E-state index in [-0.39, 0.29) is 6.04 Å². The standard InChI is InChI=1S/C14H24N2O/c1-4-16(10-11-17-3)12(2)14(15)13-8-6-5-7-9-13/h5-9,12,14H,4,10-11,15H2,1-3H3. The van der Waals surface area contributed by atoms with Crippen LogP contribution in [0.5, 0.6) is 0 Å². The Labute approximate surface area is 105 Å². The molecule has 17 heavy (non-hydrogen) atoms. The minimum atomic E-state index is 0.0491. The normalized spacial score (nSPS) is 14.9. The second-order valence-electron chi connectivity index (χ2n) is 4.30. The van der Waals surface area contributed by atoms with Crippen LogP contribution >= 0.6 is 0 Å². The lowest BCUT2D eigenvalue weighted by Gasteiger charge is -2.32. The number of likely N-dealkylation sites (N-methyl/N-ethyl adjacent to an activating group) is 1. The first-order chi connectivity index (χ1) is 8.20. The van der Waals surface area contributed by atoms with Crippen molar-refractivity contribution < 1.29 is 4.74 Å². The average molecular weight is 236 g/mol. The zero-order valence-electron chi connectivity index (χ0n) is 11.1. The number of methoxy groups -OCH3 is 1. The molecular formula is C14H24N2O. The van der Waals surface area contributed by atoms with E-state index in [0.29, 0.717) is 6.04 Å². The van der Waals surface area contributed by atoms with E-state index < -0.39 is 0 Å². The van der Waals surface area contributed by atoms with Gasteiger partial charge in [-0.05, 0) is 19.0 Å². The van der Waals surface area contributed by atoms with Gasteiger partial charge in [0.15, 0.2) is 0 Å². The summed E-state index contributed by atoms with van der Waals surface area (Å²) in [5.41, 5.74) is 7.49. The molecule has 0 aromatic heterocycles. The number of ether oxygens (including phenoxy) is 1. The van der Waals surface area contributed by atoms with Gasteiger partial charge in [0.25, 0.3) is 0 Å². The third-order valence-electron chi connectivity index (χ3n) is 3.27. The molecule has 0 aliphatic rings. The highest BCUT2D eigenvalue weighted by Gasteiger charge is 2.20. The van der Waals surface area contributed by atoms with Gasteiger partial charge in [-0.15, -0.1) is 0 Å². The highest BCUT2D eigenvalue weighted by molar-refractivity contribution is 5.19. The molecule has 2 N–H and O–H groups in total. The zero-order valence-corrected chi connectivity index (χ0v) is 11.1. The van der Waals surface area contributed by atoms with Crippen molar-refractivity contribution in [2.75, 3.05) is 26.8 Å². The molecule has 3 nitrogen and oxygen atoms in total. The lowest BCUT2D eigenvalue weighted by molar-refractivity contribution is 0.119. The van der Waals surface area contributed by atoms with Crippen molar-refractivity contribution in [3.05, 3.63) is 35.9 Å². The Morgan fingerprint density at radius 1 is 1.29 bits per heavy atom. The summed E-state index contributed by atoms with van der Waals surface area (Å²) in [6.07, 6.45) is 0. The van der Waals surface area contributed by atoms with Crippen molar-refractivity contribution in [3.8, 4) is 0 Å². The van der Waals surface area contributed by atoms with Crippen molar-refractivity contribution in [2.45, 2.75) is 25.9 Å². The molecule has 0 aliphatic heterocycles. The predicted octanol–water partition coefficient (Wildman–Crippen LogP) is 2.04. The first kappa shape index (κ1) is 14.2. The summed E-state index contributed by atoms with van der Waals surface area (Å²) in [6.45, 7) is 7.00. The largest absolute Gasteiger partial charge is 0.383 e. The summed E-state index contributed by atoms with van der Waals surface area (Å²) in [7, 11) is 1.73. The van der Waals surface area contributed by atoms with Crippen molar-refractivity contribution in [1.29, 1.82) is 0 Å². The van der Waals surface area contributed by atoms with Crippen molar-refractivity contribution in [2.24, 2.45) is 5.73 Å². The van der Waals surface area contributed by atoms with Gasteiger partial charge in [0.1, 0.15) is 0 Å². The van der Waals surface area contributed by atoms with Gasteiger partial charge >= 0.3 is 0 Å². The lowest BCUT2D eigenvalue weighted by atomic mass is 10.0. The van der Waals surface area contributed by atoms with Crippen molar-refractivity contribution >= 4 is 0 Å². The molecule has 2 unspecified atom stereocenters. The van der Waals surface area contributed by atoms with E-state index in [9.17, 15) is 0 Å². The third kappa shape index (κ3) is 4.11. The summed E-state index contributed by atoms with van der Waals surface area (Å²) in [6, 6.07) is 10.6. The maximum atomic E-state index is 6.30. The van der Waals surface area contributed by atoms with Crippen LogP contribution in [-0.4, -0.2) is 37.7 Å². The number of rotatable bonds is 7. The van der Waals surface area contributed by atoms with Crippen LogP contribution < -0.4 is 5.73 Å². The molecule has 0 bridgehead atoms. The number of nitrogens with two attached hydrogens (primary N) is 1. The topological polar surface area (TPSA) is 38.5 Å². The van der Waals surface area contributed by atoms with Crippen LogP contribution in [0, 0.1) is 0 Å². The van der Waals surface area contributed by atoms with Crippen LogP contribution in [0.15, 0.2) is 30.3 Å². The first-order valence-corrected chi connectivity index (χ1v) is 6.24. The van der Waals surface area contributed by atoms with E-state index in [4.69, 9.17) is 10.5 Å². The lowest BCUT2D eigenvalue weighted by Crippen LogP contribution is -2.42. The van der Waals surface area contributed by atoms with E-state index >= 15 is 0 Å². The average Bonchev–Trinajstić information content (AvgIpc) is 2.39. The Hall–Kier alpha value is -0.900. The molecule has 3 heteroatoms. The quantitative estimate of drug-likeness (QED) is 0.787. The second-order valence-corrected chi connectivity index (χ2v) is 4.30. The molecule has 0 fully saturated rings. The van der Waals surface area contributed by atoms with Gasteiger partial charge < -0.3 is 10.5 Å². The minimum Gasteiger partial charge on any atom is -0.383 e. The van der Waals surface area contributed by atoms with Gasteiger partial charge in [0, 0.05) is 25.7 Å². The van der Waals surface area contributed by atoms with Gasteiger partial charge in [0.2, 0.25) is 0 Å². The van der Waals surface area contributed by atoms with Crippen molar-refractivity contribution in [1.82, 2.24) is 4.90 Å². The Balaban J connectivity index is 2.63. The molecule has 0 spiro atoms. The van der Waals surface area contributed by atoms with E-state index in [2.05, 4.69) is 30.9 Å². The van der Waals surface area contributed by atoms with Crippen LogP contribution in [-0.2, 0) is 4.74 Å². The zero-order chi connectivity index (χ0) is 12.7. The van der Waals surface area contributed by atoms with E-state index in [1.807, 2.05) is 18.2 Å². The summed E-state index contributed by atoms with van der Waals surface area (Å²) < 4.78 is 5.13. The predicted molar refractivity (Wildman–Crippen MR) is 72.0 cm³/mol. The minimum absolute atomic E-state index is 0.0491. The molecule has 0 saturated heterocycles. The second kappa shape index (κ2) is 7.43. The highest BCUT2D eigenvalue weighted by atomic mass is 16.5. The SMILES string of the molecule is CCN(CCOC)C(C)C(N)c1ccccc1. The van der Waals surface area contributed by atoms with E-state index in [0.717, 1.165) is 19.7 Å². The fourth-order valence-corrected chi connectivity index (χ4v) is 2.04. The van der Waals surface area contributed by atoms with Crippen LogP contribution in [0.25, 0.3) is 0 Å². The molecule has 0 saturated carbocycles. The fourth-order valence-electron chi connectivity index (χ4n) is 2.04. The van der Waals surface area contributed by atoms with Gasteiger partial charge in [-0.25, -0.2) is 0 Å². The van der Waals surface area contributed by atoms with Gasteiger partial charge in [0.05, 0.1) is 6.61 Å². The Bertz CT molecular complexity index is 302. The maximum Gasteiger partial charge on any atom is 0.0589 e. The third-order valence-corrected chi connectivity index (χ3v) is 3.27. The summed E-state index contributed by atoms with van der Waals surface area (Å²) >= 11 is 0. The van der Waals surface area contributed by atoms with Crippen LogP contribution in [0.4, 0.5) is 0 Å². The summed E-state index contributed by atoms with van der Waals surface area (Å²) in [5.74, 6) is 0. The molecule has 1 aromatic rings. The molecule has 0 heterocycles. The molecule has 1 rings (SSSR count). The molecule has 2 atom stereocenters. The number of nitrogens with zero attached hydrogens (tertiary/aromatic N) is 1. The maximum absolute atomic E-state index is 6.30. The Kier molecular flexibility index (Phi) is 6.19. The monoisotopic (exact) mass is 236 g/mol. The smallest absolute Gasteiger partial charge is 0.0589 e. The Morgan fingerprint density at radius 2 is 1.94 bits per heavy atom. The van der Waals surface area contributed by atoms with Gasteiger partial charge in [-0.3, -0.25) is 4.90 Å². The Morgan fingerprint density at radius 3 is 2.47 bits per heavy atom. The molecule has 1 aromatic carbocycles. The highest BCUT2D eigenvalue weighted by Crippen LogP contribution is 2.17. The van der Waals surface area contributed by atoms with Crippen LogP contribution in [0.3, 0.4) is 0 Å². The molecule has 0 aliphatic carbocycles. The molecular weight excluding hydrogens is 212 g/mol. The molecule has 0 radical (unpaired) electrons. The molecule has 0 amide bonds. The van der Waals surface area contributed by atoms with Crippen molar-refractivity contribution in [3.63, 3.8) is 0 Å². The number of hydrogen-bond donors (Lipinski definition) is 1. The van der Waals surface area contributed by atoms with Gasteiger partial charge in [-0.2, -0.15) is 0 Å². The van der Waals surface area contributed by atoms with Gasteiger partial charge in [-0.1, -0.05) is 37.3 Å². The summed E-state index contributed by atoms with van der Waals surface area (Å²) in [4.78, 5) is 2.35. The number of benzene rings is 1. The van der Waals surface area contributed by atoms with E-state index in [1.165, 1.54) is 5.56 Å². The number of hydrogen-bond acceptors (Lipinski definition) is 3. The summed E-state index contributed by atoms with van der Waals surface area (Å²) in [5, 5.41) is 0. The fraction of sp³-hybridized carbons (Fsp3) is 0.571. The first-order valence-electron chi connectivity index (χ1n) is 6.24.